The summed E-state index contributed by atoms with van der Waals surface area (Å²) in [7, 11) is 0. The summed E-state index contributed by atoms with van der Waals surface area (Å²) in [5.41, 5.74) is 3.12. The summed E-state index contributed by atoms with van der Waals surface area (Å²) in [6.07, 6.45) is 2.78. The molecule has 1 aromatic heterocycles. The SMILES string of the molecule is CCCCN(CC(=O)N1CCCN(c2ccc(-c3ccc(C)cc3)nn2)CC1)C(C)=O. The van der Waals surface area contributed by atoms with Gasteiger partial charge in [0.2, 0.25) is 11.8 Å². The molecule has 1 saturated heterocycles. The minimum absolute atomic E-state index is 0.0222. The van der Waals surface area contributed by atoms with Crippen LogP contribution in [0.2, 0.25) is 0 Å². The van der Waals surface area contributed by atoms with Crippen molar-refractivity contribution >= 4 is 17.6 Å². The van der Waals surface area contributed by atoms with E-state index in [0.29, 0.717) is 26.2 Å². The van der Waals surface area contributed by atoms with Crippen LogP contribution >= 0.6 is 0 Å². The van der Waals surface area contributed by atoms with Gasteiger partial charge in [-0.15, -0.1) is 10.2 Å². The van der Waals surface area contributed by atoms with Crippen molar-refractivity contribution in [2.24, 2.45) is 0 Å². The number of amides is 2. The van der Waals surface area contributed by atoms with Crippen LogP contribution in [-0.2, 0) is 9.59 Å². The van der Waals surface area contributed by atoms with Crippen LogP contribution < -0.4 is 4.90 Å². The number of unbranched alkanes of at least 4 members (excludes halogenated alkanes) is 1. The van der Waals surface area contributed by atoms with Crippen LogP contribution in [0.3, 0.4) is 0 Å². The first-order chi connectivity index (χ1) is 15.0. The van der Waals surface area contributed by atoms with Gasteiger partial charge in [-0.1, -0.05) is 43.2 Å². The van der Waals surface area contributed by atoms with Gasteiger partial charge in [0.05, 0.1) is 12.2 Å². The van der Waals surface area contributed by atoms with Gasteiger partial charge in [-0.25, -0.2) is 0 Å². The third-order valence-electron chi connectivity index (χ3n) is 5.72. The maximum absolute atomic E-state index is 12.8. The van der Waals surface area contributed by atoms with Gasteiger partial charge in [0.15, 0.2) is 5.82 Å². The Morgan fingerprint density at radius 2 is 1.77 bits per heavy atom. The van der Waals surface area contributed by atoms with Gasteiger partial charge in [0, 0.05) is 45.2 Å². The molecule has 0 aliphatic carbocycles. The Bertz CT molecular complexity index is 867. The lowest BCUT2D eigenvalue weighted by Gasteiger charge is -2.26. The van der Waals surface area contributed by atoms with E-state index in [9.17, 15) is 9.59 Å². The molecular formula is C24H33N5O2. The smallest absolute Gasteiger partial charge is 0.242 e. The van der Waals surface area contributed by atoms with Crippen molar-refractivity contribution in [3.63, 3.8) is 0 Å². The molecule has 7 heteroatoms. The summed E-state index contributed by atoms with van der Waals surface area (Å²) < 4.78 is 0. The third-order valence-corrected chi connectivity index (χ3v) is 5.72. The van der Waals surface area contributed by atoms with Gasteiger partial charge >= 0.3 is 0 Å². The first kappa shape index (κ1) is 22.7. The van der Waals surface area contributed by atoms with Crippen molar-refractivity contribution in [3.05, 3.63) is 42.0 Å². The minimum atomic E-state index is -0.0396. The zero-order valence-electron chi connectivity index (χ0n) is 18.9. The number of aromatic nitrogens is 2. The van der Waals surface area contributed by atoms with Crippen molar-refractivity contribution in [3.8, 4) is 11.3 Å². The number of benzene rings is 1. The van der Waals surface area contributed by atoms with E-state index in [-0.39, 0.29) is 18.4 Å². The Morgan fingerprint density at radius 1 is 1.00 bits per heavy atom. The van der Waals surface area contributed by atoms with Crippen molar-refractivity contribution in [1.29, 1.82) is 0 Å². The monoisotopic (exact) mass is 423 g/mol. The highest BCUT2D eigenvalue weighted by Gasteiger charge is 2.22. The van der Waals surface area contributed by atoms with Gasteiger partial charge in [-0.05, 0) is 31.9 Å². The van der Waals surface area contributed by atoms with Crippen LogP contribution in [0.25, 0.3) is 11.3 Å². The molecule has 0 bridgehead atoms. The van der Waals surface area contributed by atoms with Crippen LogP contribution in [0.1, 0.15) is 38.7 Å². The lowest BCUT2D eigenvalue weighted by molar-refractivity contribution is -0.139. The van der Waals surface area contributed by atoms with Crippen LogP contribution in [0.4, 0.5) is 5.82 Å². The fourth-order valence-corrected chi connectivity index (χ4v) is 3.73. The standard InChI is InChI=1S/C24H33N5O2/c1-4-5-13-29(20(3)30)18-24(31)28-15-6-14-27(16-17-28)23-12-11-22(25-26-23)21-9-7-19(2)8-10-21/h7-12H,4-6,13-18H2,1-3H3. The molecule has 1 aliphatic rings. The van der Waals surface area contributed by atoms with Gasteiger partial charge in [-0.3, -0.25) is 9.59 Å². The molecule has 1 aromatic carbocycles. The number of carbonyl (C=O) groups excluding carboxylic acids is 2. The highest BCUT2D eigenvalue weighted by Crippen LogP contribution is 2.20. The fraction of sp³-hybridized carbons (Fsp3) is 0.500. The third kappa shape index (κ3) is 6.26. The molecule has 0 atom stereocenters. The second kappa shape index (κ2) is 10.9. The number of hydrogen-bond acceptors (Lipinski definition) is 5. The molecule has 2 aromatic rings. The summed E-state index contributed by atoms with van der Waals surface area (Å²) >= 11 is 0. The van der Waals surface area contributed by atoms with Crippen molar-refractivity contribution in [2.75, 3.05) is 44.2 Å². The molecule has 0 unspecified atom stereocenters. The lowest BCUT2D eigenvalue weighted by Crippen LogP contribution is -2.44. The van der Waals surface area contributed by atoms with E-state index in [1.165, 1.54) is 12.5 Å². The number of anilines is 1. The van der Waals surface area contributed by atoms with E-state index in [4.69, 9.17) is 0 Å². The van der Waals surface area contributed by atoms with Crippen LogP contribution in [0, 0.1) is 6.92 Å². The Morgan fingerprint density at radius 3 is 2.42 bits per heavy atom. The summed E-state index contributed by atoms with van der Waals surface area (Å²) in [6, 6.07) is 12.3. The number of carbonyl (C=O) groups is 2. The first-order valence-corrected chi connectivity index (χ1v) is 11.2. The van der Waals surface area contributed by atoms with Crippen LogP contribution in [0.15, 0.2) is 36.4 Å². The van der Waals surface area contributed by atoms with Crippen molar-refractivity contribution < 1.29 is 9.59 Å². The average Bonchev–Trinajstić information content (AvgIpc) is 3.03. The van der Waals surface area contributed by atoms with Gasteiger partial charge in [0.25, 0.3) is 0 Å². The number of rotatable bonds is 7. The van der Waals surface area contributed by atoms with E-state index < -0.39 is 0 Å². The lowest BCUT2D eigenvalue weighted by atomic mass is 10.1. The van der Waals surface area contributed by atoms with Gasteiger partial charge in [0.1, 0.15) is 0 Å². The molecular weight excluding hydrogens is 390 g/mol. The summed E-state index contributed by atoms with van der Waals surface area (Å²) in [5, 5.41) is 8.85. The summed E-state index contributed by atoms with van der Waals surface area (Å²) in [6.45, 7) is 9.35. The van der Waals surface area contributed by atoms with Crippen molar-refractivity contribution in [2.45, 2.75) is 40.0 Å². The maximum Gasteiger partial charge on any atom is 0.242 e. The molecule has 0 spiro atoms. The number of nitrogens with zero attached hydrogens (tertiary/aromatic N) is 5. The largest absolute Gasteiger partial charge is 0.353 e. The molecule has 1 aliphatic heterocycles. The Hall–Kier alpha value is -2.96. The first-order valence-electron chi connectivity index (χ1n) is 11.2. The Balaban J connectivity index is 1.58. The van der Waals surface area contributed by atoms with Gasteiger partial charge in [-0.2, -0.15) is 0 Å². The molecule has 0 saturated carbocycles. The molecule has 166 valence electrons. The number of aryl methyl sites for hydroxylation is 1. The molecule has 1 fully saturated rings. The zero-order chi connectivity index (χ0) is 22.2. The zero-order valence-corrected chi connectivity index (χ0v) is 18.9. The van der Waals surface area contributed by atoms with E-state index in [0.717, 1.165) is 42.9 Å². The van der Waals surface area contributed by atoms with E-state index in [1.807, 2.05) is 17.0 Å². The molecule has 2 heterocycles. The fourth-order valence-electron chi connectivity index (χ4n) is 3.73. The predicted octanol–water partition coefficient (Wildman–Crippen LogP) is 3.14. The molecule has 31 heavy (non-hydrogen) atoms. The topological polar surface area (TPSA) is 69.6 Å². The van der Waals surface area contributed by atoms with Gasteiger partial charge < -0.3 is 14.7 Å². The maximum atomic E-state index is 12.8. The van der Waals surface area contributed by atoms with Crippen molar-refractivity contribution in [1.82, 2.24) is 20.0 Å². The molecule has 3 rings (SSSR count). The quantitative estimate of drug-likeness (QED) is 0.684. The van der Waals surface area contributed by atoms with E-state index in [1.54, 1.807) is 4.90 Å². The Labute approximate surface area is 185 Å². The highest BCUT2D eigenvalue weighted by molar-refractivity contribution is 5.84. The average molecular weight is 424 g/mol. The minimum Gasteiger partial charge on any atom is -0.353 e. The second-order valence-corrected chi connectivity index (χ2v) is 8.16. The number of hydrogen-bond donors (Lipinski definition) is 0. The van der Waals surface area contributed by atoms with E-state index in [2.05, 4.69) is 53.2 Å². The molecule has 0 radical (unpaired) electrons. The normalized spacial score (nSPS) is 14.3. The highest BCUT2D eigenvalue weighted by atomic mass is 16.2. The van der Waals surface area contributed by atoms with Crippen LogP contribution in [-0.4, -0.2) is 71.1 Å². The van der Waals surface area contributed by atoms with E-state index >= 15 is 0 Å². The molecule has 0 N–H and O–H groups in total. The second-order valence-electron chi connectivity index (χ2n) is 8.16. The van der Waals surface area contributed by atoms with Crippen LogP contribution in [0.5, 0.6) is 0 Å². The molecule has 2 amide bonds. The predicted molar refractivity (Wildman–Crippen MR) is 123 cm³/mol. The Kier molecular flexibility index (Phi) is 7.98. The molecule has 7 nitrogen and oxygen atoms in total. The summed E-state index contributed by atoms with van der Waals surface area (Å²) in [4.78, 5) is 30.3. The summed E-state index contributed by atoms with van der Waals surface area (Å²) in [5.74, 6) is 0.814.